The van der Waals surface area contributed by atoms with E-state index in [9.17, 15) is 36.0 Å². The van der Waals surface area contributed by atoms with E-state index in [0.29, 0.717) is 40.7 Å². The number of Topliss-reactive ketones (excluding diaryl/α,β-unsaturated/α-hetero) is 3. The van der Waals surface area contributed by atoms with Gasteiger partial charge in [-0.05, 0) is 233 Å². The topological polar surface area (TPSA) is 284 Å². The van der Waals surface area contributed by atoms with Crippen LogP contribution in [-0.4, -0.2) is 122 Å². The quantitative estimate of drug-likeness (QED) is 0.0232. The number of carbonyl (C=O) groups is 4. The second-order valence-electron chi connectivity index (χ2n) is 31.9. The summed E-state index contributed by atoms with van der Waals surface area (Å²) in [6, 6.07) is 68.6. The lowest BCUT2D eigenvalue weighted by atomic mass is 9.80. The minimum atomic E-state index is -3.28. The summed E-state index contributed by atoms with van der Waals surface area (Å²) in [5.41, 5.74) is 22.2. The van der Waals surface area contributed by atoms with Gasteiger partial charge in [-0.15, -0.1) is 0 Å². The first-order valence-electron chi connectivity index (χ1n) is 41.1. The van der Waals surface area contributed by atoms with Crippen LogP contribution < -0.4 is 11.2 Å². The lowest BCUT2D eigenvalue weighted by Crippen LogP contribution is -2.30. The summed E-state index contributed by atoms with van der Waals surface area (Å²) in [5, 5.41) is 35.9. The van der Waals surface area contributed by atoms with E-state index in [2.05, 4.69) is 297 Å². The first-order valence-corrected chi connectivity index (χ1v) is 48.8. The Balaban J connectivity index is 0.000000304. The number of sulfone groups is 2. The molecule has 0 fully saturated rings. The largest absolute Gasteiger partial charge is 0.488 e. The number of halogens is 5. The molecule has 0 aliphatic carbocycles. The van der Waals surface area contributed by atoms with Crippen molar-refractivity contribution in [1.82, 2.24) is 39.1 Å². The van der Waals surface area contributed by atoms with Crippen LogP contribution in [0.4, 0.5) is 0 Å². The summed E-state index contributed by atoms with van der Waals surface area (Å²) in [4.78, 5) is 43.0. The summed E-state index contributed by atoms with van der Waals surface area (Å²) >= 11 is 16.9. The molecule has 0 aliphatic heterocycles. The van der Waals surface area contributed by atoms with Crippen LogP contribution in [0.3, 0.4) is 0 Å². The van der Waals surface area contributed by atoms with Gasteiger partial charge in [0.25, 0.3) is 0 Å². The normalized spacial score (nSPS) is 10.8. The summed E-state index contributed by atoms with van der Waals surface area (Å²) < 4.78 is 63.6. The predicted molar refractivity (Wildman–Crippen MR) is 529 cm³/mol. The molecule has 4 aromatic heterocycles. The van der Waals surface area contributed by atoms with E-state index in [0.717, 1.165) is 124 Å². The SMILES string of the molecule is CC(=O)CC(=O)c1ccc(Br)cc1.CC(=O)c1ccc(Br)cc1.CC(C)CCN.CCOC(C)=O.CS(=O)(=O)c1cccc(B(O)O)c1.Cc1cc(-c2ccc(-c3cccc(S(C)(=O)=O)c3)cc2)n(CC(C)C)n1.Cc1cc(-c2ccc(Br)cc2)n(CC(C)C)n1.Cc1cc(-c2ccc(Br)cc2)n(CC(C)C)n1.Cc1cc(-c2ccc(Br)cc2)nn1CC(C)C. The Labute approximate surface area is 783 Å². The number of carbonyl (C=O) groups excluding carboxylic acids is 4. The van der Waals surface area contributed by atoms with Crippen molar-refractivity contribution in [1.29, 1.82) is 0 Å². The summed E-state index contributed by atoms with van der Waals surface area (Å²) in [5.74, 6) is 2.78. The Kier molecular flexibility index (Phi) is 47.4. The van der Waals surface area contributed by atoms with E-state index in [1.165, 1.54) is 78.1 Å². The number of hydrogen-bond acceptors (Lipinski definition) is 16. The van der Waals surface area contributed by atoms with Crippen molar-refractivity contribution < 1.29 is 50.8 Å². The molecule has 12 aromatic rings. The number of hydrogen-bond donors (Lipinski definition) is 3. The van der Waals surface area contributed by atoms with Gasteiger partial charge in [0.05, 0.1) is 62.7 Å². The van der Waals surface area contributed by atoms with Gasteiger partial charge in [-0.2, -0.15) is 20.4 Å². The molecule has 0 aliphatic rings. The van der Waals surface area contributed by atoms with Gasteiger partial charge < -0.3 is 20.5 Å². The van der Waals surface area contributed by atoms with E-state index in [-0.39, 0.29) is 40.1 Å². The maximum absolute atomic E-state index is 11.8. The smallest absolute Gasteiger partial charge is 0.466 e. The number of benzene rings is 8. The molecule has 8 aromatic carbocycles. The average molecular weight is 2060 g/mol. The molecule has 4 heterocycles. The number of ether oxygens (including phenoxy) is 1. The zero-order valence-electron chi connectivity index (χ0n) is 75.3. The fourth-order valence-corrected chi connectivity index (χ4v) is 14.3. The number of ketones is 3. The van der Waals surface area contributed by atoms with Gasteiger partial charge in [0.2, 0.25) is 0 Å². The molecular formula is C97H121BBr5N9O11S2. The van der Waals surface area contributed by atoms with Gasteiger partial charge >= 0.3 is 13.1 Å². The van der Waals surface area contributed by atoms with Crippen molar-refractivity contribution in [2.24, 2.45) is 35.3 Å². The molecule has 0 atom stereocenters. The molecule has 0 saturated carbocycles. The van der Waals surface area contributed by atoms with E-state index in [1.807, 2.05) is 63.2 Å². The molecule has 12 rings (SSSR count). The molecule has 125 heavy (non-hydrogen) atoms. The van der Waals surface area contributed by atoms with E-state index in [1.54, 1.807) is 68.4 Å². The molecule has 0 saturated heterocycles. The Bertz CT molecular complexity index is 5470. The average Bonchev–Trinajstić information content (AvgIpc) is 1.80. The fourth-order valence-electron chi connectivity index (χ4n) is 11.7. The first kappa shape index (κ1) is 109. The van der Waals surface area contributed by atoms with Crippen molar-refractivity contribution in [3.63, 3.8) is 0 Å². The number of nitrogens with two attached hydrogens (primary N) is 1. The van der Waals surface area contributed by atoms with Crippen LogP contribution in [0.15, 0.2) is 251 Å². The molecule has 4 N–H and O–H groups in total. The number of nitrogens with zero attached hydrogens (tertiary/aromatic N) is 8. The third-order valence-electron chi connectivity index (χ3n) is 17.5. The Morgan fingerprint density at radius 2 is 0.752 bits per heavy atom. The molecular weight excluding hydrogens is 1940 g/mol. The van der Waals surface area contributed by atoms with Crippen LogP contribution in [0.5, 0.6) is 0 Å². The molecule has 0 unspecified atom stereocenters. The van der Waals surface area contributed by atoms with Crippen LogP contribution in [0.25, 0.3) is 56.2 Å². The zero-order chi connectivity index (χ0) is 93.6. The summed E-state index contributed by atoms with van der Waals surface area (Å²) in [7, 11) is -8.13. The molecule has 28 heteroatoms. The van der Waals surface area contributed by atoms with Crippen molar-refractivity contribution >= 4 is 135 Å². The number of aromatic nitrogens is 8. The van der Waals surface area contributed by atoms with Crippen molar-refractivity contribution in [2.75, 3.05) is 25.7 Å². The van der Waals surface area contributed by atoms with Gasteiger partial charge in [0.1, 0.15) is 5.78 Å². The summed E-state index contributed by atoms with van der Waals surface area (Å²) in [6.07, 6.45) is 3.44. The molecule has 0 bridgehead atoms. The van der Waals surface area contributed by atoms with Crippen LogP contribution in [-0.2, 0) is 60.2 Å². The highest BCUT2D eigenvalue weighted by Crippen LogP contribution is 2.30. The second kappa shape index (κ2) is 54.5. The van der Waals surface area contributed by atoms with Gasteiger partial charge in [0.15, 0.2) is 31.2 Å². The monoisotopic (exact) mass is 2060 g/mol. The van der Waals surface area contributed by atoms with E-state index in [4.69, 9.17) is 15.8 Å². The Hall–Kier alpha value is -8.68. The van der Waals surface area contributed by atoms with Crippen LogP contribution in [0, 0.1) is 57.3 Å². The highest BCUT2D eigenvalue weighted by Gasteiger charge is 2.18. The van der Waals surface area contributed by atoms with Crippen LogP contribution >= 0.6 is 79.6 Å². The first-order chi connectivity index (χ1) is 58.7. The standard InChI is InChI=1S/C21H24N2O2S.3C14H17BrN2.C10H9BrO2.C8H7BrO.C7H9BO4S.C5H13N.C4H8O2/c1-15(2)14-23-21(12-16(3)22-23)18-10-8-17(9-11-18)19-6-5-7-20(13-19)26(4,24)25;1-10(2)9-17-11(3)8-14(16-17)12-4-6-13(15)7-5-12;2*1-10(2)9-17-14(8-11(3)16-17)12-4-6-13(15)7-5-12;1-7(12)6-10(13)8-2-4-9(11)5-3-8;1-6(10)7-2-4-8(9)5-3-7;1-13(11,12)7-4-2-3-6(5-7)8(9)10;1-5(2)3-4-6;1-3-6-4(2)5/h5-13,15H,14H2,1-4H3;3*4-8,10H,9H2,1-3H3;2-5H,6H2,1H3;2-5H,1H3;2-5,9-10H,1H3;5H,3-4,6H2,1-2H3;3H2,1-2H3. The molecule has 20 nitrogen and oxygen atoms in total. The second-order valence-corrected chi connectivity index (χ2v) is 40.5. The number of rotatable bonds is 23. The Morgan fingerprint density at radius 1 is 0.416 bits per heavy atom. The van der Waals surface area contributed by atoms with Gasteiger partial charge in [-0.3, -0.25) is 37.9 Å². The minimum Gasteiger partial charge on any atom is -0.466 e. The van der Waals surface area contributed by atoms with E-state index < -0.39 is 26.8 Å². The fraction of sp³-hybridized carbons (Fsp3) is 0.340. The lowest BCUT2D eigenvalue weighted by molar-refractivity contribution is -0.140. The molecule has 0 amide bonds. The van der Waals surface area contributed by atoms with Crippen molar-refractivity contribution in [3.8, 4) is 56.2 Å². The van der Waals surface area contributed by atoms with Crippen LogP contribution in [0.2, 0.25) is 0 Å². The van der Waals surface area contributed by atoms with Crippen molar-refractivity contribution in [3.05, 3.63) is 275 Å². The predicted octanol–water partition coefficient (Wildman–Crippen LogP) is 23.0. The number of aryl methyl sites for hydroxylation is 4. The third kappa shape index (κ3) is 41.3. The van der Waals surface area contributed by atoms with E-state index >= 15 is 0 Å². The summed E-state index contributed by atoms with van der Waals surface area (Å²) in [6.45, 7) is 41.4. The maximum Gasteiger partial charge on any atom is 0.488 e. The Morgan fingerprint density at radius 3 is 1.06 bits per heavy atom. The highest BCUT2D eigenvalue weighted by molar-refractivity contribution is 9.11. The third-order valence-corrected chi connectivity index (χ3v) is 22.4. The maximum atomic E-state index is 11.8. The van der Waals surface area contributed by atoms with Gasteiger partial charge in [0, 0.05) is 90.4 Å². The highest BCUT2D eigenvalue weighted by atomic mass is 79.9. The van der Waals surface area contributed by atoms with Crippen molar-refractivity contribution in [2.45, 2.75) is 173 Å². The minimum absolute atomic E-state index is 0.0123. The molecule has 0 spiro atoms. The number of esters is 1. The van der Waals surface area contributed by atoms with Crippen LogP contribution in [0.1, 0.15) is 153 Å². The van der Waals surface area contributed by atoms with Gasteiger partial charge in [-0.25, -0.2) is 16.8 Å². The molecule has 0 radical (unpaired) electrons. The van der Waals surface area contributed by atoms with Gasteiger partial charge in [-0.1, -0.05) is 258 Å². The lowest BCUT2D eigenvalue weighted by Gasteiger charge is -2.11. The molecule has 670 valence electrons. The zero-order valence-corrected chi connectivity index (χ0v) is 84.9.